The number of amides is 1. The summed E-state index contributed by atoms with van der Waals surface area (Å²) in [7, 11) is 0. The van der Waals surface area contributed by atoms with Crippen molar-refractivity contribution in [3.8, 4) is 5.69 Å². The molecule has 0 saturated carbocycles. The van der Waals surface area contributed by atoms with Crippen LogP contribution in [0.2, 0.25) is 0 Å². The van der Waals surface area contributed by atoms with E-state index in [2.05, 4.69) is 10.4 Å². The molecule has 0 atom stereocenters. The van der Waals surface area contributed by atoms with Crippen LogP contribution in [0.25, 0.3) is 5.69 Å². The average Bonchev–Trinajstić information content (AvgIpc) is 2.62. The SMILES string of the molecule is Cc1cc(=O)c(C(=O)NCc2ccccc2F)nn1-c1ccccc1F. The van der Waals surface area contributed by atoms with Crippen molar-refractivity contribution in [3.05, 3.63) is 93.4 Å². The van der Waals surface area contributed by atoms with E-state index in [0.717, 1.165) is 0 Å². The monoisotopic (exact) mass is 355 g/mol. The second kappa shape index (κ2) is 7.26. The Morgan fingerprint density at radius 1 is 1.08 bits per heavy atom. The zero-order chi connectivity index (χ0) is 18.7. The number of benzene rings is 2. The zero-order valence-electron chi connectivity index (χ0n) is 13.9. The number of carbonyl (C=O) groups is 1. The maximum Gasteiger partial charge on any atom is 0.276 e. The van der Waals surface area contributed by atoms with Gasteiger partial charge in [0.15, 0.2) is 5.69 Å². The van der Waals surface area contributed by atoms with Crippen molar-refractivity contribution >= 4 is 5.91 Å². The molecule has 1 heterocycles. The fourth-order valence-electron chi connectivity index (χ4n) is 2.47. The van der Waals surface area contributed by atoms with Gasteiger partial charge >= 0.3 is 0 Å². The van der Waals surface area contributed by atoms with E-state index in [1.807, 2.05) is 0 Å². The first-order valence-electron chi connectivity index (χ1n) is 7.85. The quantitative estimate of drug-likeness (QED) is 0.783. The van der Waals surface area contributed by atoms with Crippen LogP contribution in [-0.2, 0) is 6.54 Å². The third kappa shape index (κ3) is 3.51. The van der Waals surface area contributed by atoms with E-state index in [9.17, 15) is 18.4 Å². The van der Waals surface area contributed by atoms with Gasteiger partial charge in [0.05, 0.1) is 0 Å². The summed E-state index contributed by atoms with van der Waals surface area (Å²) in [5.74, 6) is -1.76. The van der Waals surface area contributed by atoms with Crippen molar-refractivity contribution in [2.24, 2.45) is 0 Å². The predicted octanol–water partition coefficient (Wildman–Crippen LogP) is 2.75. The molecular formula is C19H15F2N3O2. The van der Waals surface area contributed by atoms with Gasteiger partial charge in [0.1, 0.15) is 17.3 Å². The molecule has 3 aromatic rings. The Morgan fingerprint density at radius 2 is 1.73 bits per heavy atom. The smallest absolute Gasteiger partial charge is 0.276 e. The van der Waals surface area contributed by atoms with Gasteiger partial charge in [-0.05, 0) is 25.1 Å². The molecule has 0 aliphatic carbocycles. The molecule has 26 heavy (non-hydrogen) atoms. The van der Waals surface area contributed by atoms with Crippen LogP contribution in [0, 0.1) is 18.6 Å². The molecular weight excluding hydrogens is 340 g/mol. The summed E-state index contributed by atoms with van der Waals surface area (Å²) in [6.45, 7) is 1.49. The highest BCUT2D eigenvalue weighted by Gasteiger charge is 2.16. The van der Waals surface area contributed by atoms with E-state index in [-0.39, 0.29) is 17.8 Å². The van der Waals surface area contributed by atoms with E-state index < -0.39 is 28.7 Å². The standard InChI is InChI=1S/C19H15F2N3O2/c1-12-10-17(25)18(23-24(12)16-9-5-4-8-15(16)21)19(26)22-11-13-6-2-3-7-14(13)20/h2-10H,11H2,1H3,(H,22,26). The minimum absolute atomic E-state index is 0.0970. The number of nitrogens with zero attached hydrogens (tertiary/aromatic N) is 2. The van der Waals surface area contributed by atoms with Gasteiger partial charge in [-0.25, -0.2) is 13.5 Å². The molecule has 0 aliphatic heterocycles. The number of carbonyl (C=O) groups excluding carboxylic acids is 1. The summed E-state index contributed by atoms with van der Waals surface area (Å²) in [6, 6.07) is 13.1. The number of hydrogen-bond acceptors (Lipinski definition) is 3. The molecule has 1 aromatic heterocycles. The highest BCUT2D eigenvalue weighted by molar-refractivity contribution is 5.92. The first-order valence-corrected chi connectivity index (χ1v) is 7.85. The van der Waals surface area contributed by atoms with Gasteiger partial charge in [0.25, 0.3) is 5.91 Å². The van der Waals surface area contributed by atoms with Crippen molar-refractivity contribution in [1.29, 1.82) is 0 Å². The first-order chi connectivity index (χ1) is 12.5. The van der Waals surface area contributed by atoms with E-state index in [0.29, 0.717) is 5.69 Å². The maximum atomic E-state index is 14.0. The summed E-state index contributed by atoms with van der Waals surface area (Å²) in [5, 5.41) is 6.46. The Balaban J connectivity index is 1.91. The fourth-order valence-corrected chi connectivity index (χ4v) is 2.47. The van der Waals surface area contributed by atoms with Gasteiger partial charge in [0.2, 0.25) is 5.43 Å². The lowest BCUT2D eigenvalue weighted by Crippen LogP contribution is -2.32. The van der Waals surface area contributed by atoms with Crippen LogP contribution in [0.4, 0.5) is 8.78 Å². The van der Waals surface area contributed by atoms with Crippen LogP contribution < -0.4 is 10.7 Å². The lowest BCUT2D eigenvalue weighted by molar-refractivity contribution is 0.0942. The number of aryl methyl sites for hydroxylation is 1. The van der Waals surface area contributed by atoms with Crippen molar-refractivity contribution in [3.63, 3.8) is 0 Å². The Hall–Kier alpha value is -3.35. The largest absolute Gasteiger partial charge is 0.346 e. The number of aromatic nitrogens is 2. The van der Waals surface area contributed by atoms with E-state index in [1.54, 1.807) is 19.1 Å². The average molecular weight is 355 g/mol. The highest BCUT2D eigenvalue weighted by atomic mass is 19.1. The first kappa shape index (κ1) is 17.5. The Kier molecular flexibility index (Phi) is 4.88. The minimum Gasteiger partial charge on any atom is -0.346 e. The van der Waals surface area contributed by atoms with Crippen LogP contribution >= 0.6 is 0 Å². The van der Waals surface area contributed by atoms with Crippen LogP contribution in [0.3, 0.4) is 0 Å². The summed E-state index contributed by atoms with van der Waals surface area (Å²) in [6.07, 6.45) is 0. The molecule has 0 aliphatic rings. The Bertz CT molecular complexity index is 1030. The van der Waals surface area contributed by atoms with Gasteiger partial charge in [-0.2, -0.15) is 5.10 Å². The van der Waals surface area contributed by atoms with Crippen molar-refractivity contribution in [1.82, 2.24) is 15.1 Å². The van der Waals surface area contributed by atoms with E-state index >= 15 is 0 Å². The molecule has 5 nitrogen and oxygen atoms in total. The molecule has 0 bridgehead atoms. The third-order valence-electron chi connectivity index (χ3n) is 3.80. The van der Waals surface area contributed by atoms with Gasteiger partial charge in [-0.3, -0.25) is 9.59 Å². The topological polar surface area (TPSA) is 64.0 Å². The molecule has 1 amide bonds. The summed E-state index contributed by atoms with van der Waals surface area (Å²) in [4.78, 5) is 24.5. The third-order valence-corrected chi connectivity index (χ3v) is 3.80. The molecule has 1 N–H and O–H groups in total. The van der Waals surface area contributed by atoms with E-state index in [4.69, 9.17) is 0 Å². The molecule has 132 valence electrons. The molecule has 0 unspecified atom stereocenters. The van der Waals surface area contributed by atoms with Crippen LogP contribution in [0.1, 0.15) is 21.7 Å². The highest BCUT2D eigenvalue weighted by Crippen LogP contribution is 2.13. The lowest BCUT2D eigenvalue weighted by atomic mass is 10.2. The molecule has 7 heteroatoms. The second-order valence-corrected chi connectivity index (χ2v) is 5.64. The molecule has 0 fully saturated rings. The maximum absolute atomic E-state index is 14.0. The number of rotatable bonds is 4. The molecule has 2 aromatic carbocycles. The summed E-state index contributed by atoms with van der Waals surface area (Å²) in [5.41, 5.74) is -0.211. The van der Waals surface area contributed by atoms with E-state index in [1.165, 1.54) is 47.1 Å². The number of para-hydroxylation sites is 1. The van der Waals surface area contributed by atoms with Gasteiger partial charge in [-0.15, -0.1) is 0 Å². The zero-order valence-corrected chi connectivity index (χ0v) is 13.9. The number of halogens is 2. The lowest BCUT2D eigenvalue weighted by Gasteiger charge is -2.12. The molecule has 3 rings (SSSR count). The van der Waals surface area contributed by atoms with Crippen molar-refractivity contribution in [2.45, 2.75) is 13.5 Å². The molecule has 0 saturated heterocycles. The number of hydrogen-bond donors (Lipinski definition) is 1. The minimum atomic E-state index is -0.761. The van der Waals surface area contributed by atoms with Gasteiger partial charge < -0.3 is 5.32 Å². The molecule has 0 radical (unpaired) electrons. The van der Waals surface area contributed by atoms with Gasteiger partial charge in [0, 0.05) is 23.9 Å². The Labute approximate surface area is 147 Å². The van der Waals surface area contributed by atoms with Gasteiger partial charge in [-0.1, -0.05) is 30.3 Å². The summed E-state index contributed by atoms with van der Waals surface area (Å²) >= 11 is 0. The summed E-state index contributed by atoms with van der Waals surface area (Å²) < 4.78 is 28.8. The molecule has 0 spiro atoms. The van der Waals surface area contributed by atoms with Crippen LogP contribution in [0.15, 0.2) is 59.4 Å². The van der Waals surface area contributed by atoms with Crippen LogP contribution in [-0.4, -0.2) is 15.7 Å². The van der Waals surface area contributed by atoms with Crippen molar-refractivity contribution < 1.29 is 13.6 Å². The Morgan fingerprint density at radius 3 is 2.42 bits per heavy atom. The fraction of sp³-hybridized carbons (Fsp3) is 0.105. The predicted molar refractivity (Wildman–Crippen MR) is 92.1 cm³/mol. The normalized spacial score (nSPS) is 10.6. The van der Waals surface area contributed by atoms with Crippen LogP contribution in [0.5, 0.6) is 0 Å². The van der Waals surface area contributed by atoms with Crippen molar-refractivity contribution in [2.75, 3.05) is 0 Å². The number of nitrogens with one attached hydrogen (secondary N) is 1. The second-order valence-electron chi connectivity index (χ2n) is 5.64.